The Hall–Kier alpha value is -3.10. The second kappa shape index (κ2) is 7.88. The van der Waals surface area contributed by atoms with Gasteiger partial charge in [-0.1, -0.05) is 30.3 Å². The lowest BCUT2D eigenvalue weighted by Crippen LogP contribution is -2.48. The van der Waals surface area contributed by atoms with E-state index in [1.165, 1.54) is 0 Å². The monoisotopic (exact) mass is 377 g/mol. The third kappa shape index (κ3) is 3.78. The number of nitrogens with one attached hydrogen (secondary N) is 1. The maximum absolute atomic E-state index is 12.4. The van der Waals surface area contributed by atoms with E-state index in [1.807, 2.05) is 53.1 Å². The van der Waals surface area contributed by atoms with Crippen molar-refractivity contribution in [1.29, 1.82) is 0 Å². The second-order valence-corrected chi connectivity index (χ2v) is 6.73. The minimum Gasteiger partial charge on any atom is -0.464 e. The van der Waals surface area contributed by atoms with Crippen LogP contribution in [0.3, 0.4) is 0 Å². The van der Waals surface area contributed by atoms with Crippen molar-refractivity contribution in [3.8, 4) is 0 Å². The molecule has 2 aromatic carbocycles. The number of carbonyl (C=O) groups is 1. The smallest absolute Gasteiger partial charge is 0.464 e. The second-order valence-electron chi connectivity index (χ2n) is 6.73. The number of aromatic nitrogens is 2. The molecule has 8 heteroatoms. The fourth-order valence-corrected chi connectivity index (χ4v) is 3.35. The van der Waals surface area contributed by atoms with Crippen molar-refractivity contribution < 1.29 is 19.3 Å². The van der Waals surface area contributed by atoms with Crippen LogP contribution in [-0.2, 0) is 17.8 Å². The van der Waals surface area contributed by atoms with E-state index in [0.29, 0.717) is 6.54 Å². The van der Waals surface area contributed by atoms with Gasteiger partial charge in [0, 0.05) is 18.4 Å². The summed E-state index contributed by atoms with van der Waals surface area (Å²) in [6.45, 7) is 0.454. The van der Waals surface area contributed by atoms with Crippen LogP contribution < -0.4 is 5.32 Å². The highest BCUT2D eigenvalue weighted by Gasteiger charge is 2.26. The van der Waals surface area contributed by atoms with Gasteiger partial charge in [-0.25, -0.2) is 4.98 Å². The lowest BCUT2D eigenvalue weighted by Gasteiger charge is -2.17. The molecule has 2 heterocycles. The molecule has 0 radical (unpaired) electrons. The Kier molecular flexibility index (Phi) is 5.14. The van der Waals surface area contributed by atoms with Crippen molar-refractivity contribution in [2.45, 2.75) is 25.3 Å². The third-order valence-corrected chi connectivity index (χ3v) is 4.81. The zero-order chi connectivity index (χ0) is 19.5. The topological polar surface area (TPSA) is 101 Å². The number of carbonyl (C=O) groups excluding carboxylic acids is 1. The lowest BCUT2D eigenvalue weighted by atomic mass is 9.76. The number of fused-ring (bicyclic) bond motifs is 2. The molecule has 3 N–H and O–H groups in total. The molecular weight excluding hydrogens is 357 g/mol. The molecule has 4 aromatic rings. The minimum absolute atomic E-state index is 0.204. The summed E-state index contributed by atoms with van der Waals surface area (Å²) < 4.78 is 7.39. The van der Waals surface area contributed by atoms with Gasteiger partial charge in [-0.2, -0.15) is 0 Å². The number of para-hydroxylation sites is 3. The van der Waals surface area contributed by atoms with Crippen LogP contribution in [0, 0.1) is 0 Å². The average molecular weight is 377 g/mol. The first kappa shape index (κ1) is 18.3. The number of aryl methyl sites for hydroxylation is 1. The Morgan fingerprint density at radius 1 is 1.18 bits per heavy atom. The fraction of sp³-hybridized carbons (Fsp3) is 0.200. The largest absolute Gasteiger partial charge is 0.475 e. The van der Waals surface area contributed by atoms with Gasteiger partial charge < -0.3 is 24.3 Å². The maximum atomic E-state index is 12.4. The van der Waals surface area contributed by atoms with Gasteiger partial charge in [0.25, 0.3) is 0 Å². The van der Waals surface area contributed by atoms with E-state index in [4.69, 9.17) is 4.42 Å². The highest BCUT2D eigenvalue weighted by atomic mass is 16.4. The quantitative estimate of drug-likeness (QED) is 0.427. The highest BCUT2D eigenvalue weighted by Crippen LogP contribution is 2.22. The number of hydrogen-bond acceptors (Lipinski definition) is 5. The first-order chi connectivity index (χ1) is 13.6. The number of imidazole rings is 1. The van der Waals surface area contributed by atoms with E-state index in [2.05, 4.69) is 10.3 Å². The first-order valence-electron chi connectivity index (χ1n) is 9.12. The van der Waals surface area contributed by atoms with Gasteiger partial charge in [0.05, 0.1) is 29.6 Å². The molecule has 1 amide bonds. The molecule has 7 nitrogen and oxygen atoms in total. The molecular formula is C20H20BN3O4. The molecule has 28 heavy (non-hydrogen) atoms. The summed E-state index contributed by atoms with van der Waals surface area (Å²) >= 11 is 0. The van der Waals surface area contributed by atoms with Crippen molar-refractivity contribution in [2.75, 3.05) is 0 Å². The number of hydrogen-bond donors (Lipinski definition) is 3. The fourth-order valence-electron chi connectivity index (χ4n) is 3.35. The van der Waals surface area contributed by atoms with Gasteiger partial charge in [-0.15, -0.1) is 0 Å². The van der Waals surface area contributed by atoms with E-state index < -0.39 is 13.1 Å². The number of furan rings is 1. The van der Waals surface area contributed by atoms with Crippen LogP contribution in [0.15, 0.2) is 65.5 Å². The molecule has 0 aliphatic rings. The summed E-state index contributed by atoms with van der Waals surface area (Å²) in [6.07, 6.45) is 3.75. The van der Waals surface area contributed by atoms with Crippen LogP contribution in [0.1, 0.15) is 12.0 Å². The summed E-state index contributed by atoms with van der Waals surface area (Å²) in [7, 11) is -1.67. The van der Waals surface area contributed by atoms with E-state index >= 15 is 0 Å². The van der Waals surface area contributed by atoms with Crippen molar-refractivity contribution in [3.05, 3.63) is 66.7 Å². The summed E-state index contributed by atoms with van der Waals surface area (Å²) in [5.41, 5.74) is 3.37. The number of rotatable bonds is 7. The molecule has 0 aliphatic heterocycles. The molecule has 142 valence electrons. The molecule has 0 spiro atoms. The molecule has 0 saturated heterocycles. The Labute approximate surface area is 161 Å². The Morgan fingerprint density at radius 2 is 1.96 bits per heavy atom. The zero-order valence-electron chi connectivity index (χ0n) is 15.2. The molecule has 0 bridgehead atoms. The molecule has 0 saturated carbocycles. The summed E-state index contributed by atoms with van der Waals surface area (Å²) in [5.74, 6) is -1.09. The number of benzene rings is 2. The molecule has 0 aliphatic carbocycles. The van der Waals surface area contributed by atoms with Crippen LogP contribution in [0.5, 0.6) is 0 Å². The van der Waals surface area contributed by atoms with Crippen LogP contribution in [0.25, 0.3) is 22.0 Å². The number of nitrogens with zero attached hydrogens (tertiary/aromatic N) is 2. The van der Waals surface area contributed by atoms with Crippen molar-refractivity contribution in [3.63, 3.8) is 0 Å². The Bertz CT molecular complexity index is 1100. The van der Waals surface area contributed by atoms with Crippen LogP contribution >= 0.6 is 0 Å². The minimum atomic E-state index is -1.67. The predicted molar refractivity (Wildman–Crippen MR) is 106 cm³/mol. The predicted octanol–water partition coefficient (Wildman–Crippen LogP) is 1.91. The Balaban J connectivity index is 1.41. The SMILES string of the molecule is O=C(CCn1cnc2ccccc21)N[C@@H](Cc1coc2ccccc12)B(O)O. The highest BCUT2D eigenvalue weighted by molar-refractivity contribution is 6.43. The van der Waals surface area contributed by atoms with Gasteiger partial charge >= 0.3 is 7.12 Å². The molecule has 0 unspecified atom stereocenters. The van der Waals surface area contributed by atoms with Gasteiger partial charge in [-0.3, -0.25) is 4.79 Å². The van der Waals surface area contributed by atoms with Crippen LogP contribution in [0.4, 0.5) is 0 Å². The van der Waals surface area contributed by atoms with Gasteiger partial charge in [-0.05, 0) is 30.2 Å². The van der Waals surface area contributed by atoms with E-state index in [-0.39, 0.29) is 18.7 Å². The van der Waals surface area contributed by atoms with Crippen molar-refractivity contribution in [1.82, 2.24) is 14.9 Å². The number of amides is 1. The maximum Gasteiger partial charge on any atom is 0.475 e. The standard InChI is InChI=1S/C20H20BN3O4/c25-20(9-10-24-13-22-16-6-2-3-7-17(16)24)23-19(21(26)27)11-14-12-28-18-8-4-1-5-15(14)18/h1-8,12-13,19,26-27H,9-11H2,(H,23,25)/t19-/m0/s1. The van der Waals surface area contributed by atoms with Gasteiger partial charge in [0.15, 0.2) is 0 Å². The van der Waals surface area contributed by atoms with Crippen LogP contribution in [-0.4, -0.2) is 38.6 Å². The van der Waals surface area contributed by atoms with Crippen molar-refractivity contribution >= 4 is 35.0 Å². The summed E-state index contributed by atoms with van der Waals surface area (Å²) in [6, 6.07) is 15.2. The van der Waals surface area contributed by atoms with Gasteiger partial charge in [0.2, 0.25) is 5.91 Å². The first-order valence-corrected chi connectivity index (χ1v) is 9.12. The van der Waals surface area contributed by atoms with E-state index in [9.17, 15) is 14.8 Å². The lowest BCUT2D eigenvalue weighted by molar-refractivity contribution is -0.121. The molecule has 4 rings (SSSR count). The van der Waals surface area contributed by atoms with E-state index in [0.717, 1.165) is 27.6 Å². The molecule has 1 atom stereocenters. The Morgan fingerprint density at radius 3 is 2.82 bits per heavy atom. The zero-order valence-corrected chi connectivity index (χ0v) is 15.2. The van der Waals surface area contributed by atoms with Crippen LogP contribution in [0.2, 0.25) is 0 Å². The third-order valence-electron chi connectivity index (χ3n) is 4.81. The van der Waals surface area contributed by atoms with Gasteiger partial charge in [0.1, 0.15) is 5.58 Å². The molecule has 0 fully saturated rings. The summed E-state index contributed by atoms with van der Waals surface area (Å²) in [4.78, 5) is 16.7. The average Bonchev–Trinajstić information content (AvgIpc) is 3.30. The molecule has 2 aromatic heterocycles. The normalized spacial score (nSPS) is 12.4. The van der Waals surface area contributed by atoms with Crippen molar-refractivity contribution in [2.24, 2.45) is 0 Å². The van der Waals surface area contributed by atoms with E-state index in [1.54, 1.807) is 12.6 Å². The summed E-state index contributed by atoms with van der Waals surface area (Å²) in [5, 5.41) is 23.1.